The lowest BCUT2D eigenvalue weighted by Gasteiger charge is -2.08. The quantitative estimate of drug-likeness (QED) is 0.592. The van der Waals surface area contributed by atoms with Gasteiger partial charge in [0.05, 0.1) is 4.92 Å². The van der Waals surface area contributed by atoms with Crippen molar-refractivity contribution in [1.29, 1.82) is 0 Å². The van der Waals surface area contributed by atoms with Crippen molar-refractivity contribution >= 4 is 5.69 Å². The fourth-order valence-electron chi connectivity index (χ4n) is 1.24. The smallest absolute Gasteiger partial charge is 0.272 e. The summed E-state index contributed by atoms with van der Waals surface area (Å²) in [6.45, 7) is 3.53. The molecule has 0 saturated heterocycles. The van der Waals surface area contributed by atoms with Gasteiger partial charge in [-0.15, -0.1) is 0 Å². The zero-order valence-electron chi connectivity index (χ0n) is 8.23. The zero-order valence-corrected chi connectivity index (χ0v) is 8.23. The first kappa shape index (κ1) is 10.7. The van der Waals surface area contributed by atoms with Crippen LogP contribution < -0.4 is 0 Å². The Bertz CT molecular complexity index is 349. The lowest BCUT2D eigenvalue weighted by atomic mass is 10.00. The minimum Gasteiger partial charge on any atom is -0.396 e. The number of aliphatic hydroxyl groups is 1. The van der Waals surface area contributed by atoms with Crippen LogP contribution in [0, 0.1) is 17.0 Å². The van der Waals surface area contributed by atoms with Crippen molar-refractivity contribution in [3.05, 3.63) is 39.4 Å². The van der Waals surface area contributed by atoms with E-state index >= 15 is 0 Å². The van der Waals surface area contributed by atoms with Gasteiger partial charge in [0.15, 0.2) is 0 Å². The maximum atomic E-state index is 10.6. The lowest BCUT2D eigenvalue weighted by molar-refractivity contribution is -0.385. The van der Waals surface area contributed by atoms with E-state index in [0.717, 1.165) is 5.56 Å². The molecular weight excluding hydrogens is 182 g/mol. The molecule has 1 aromatic rings. The van der Waals surface area contributed by atoms with Gasteiger partial charge in [0.1, 0.15) is 0 Å². The third kappa shape index (κ3) is 2.09. The van der Waals surface area contributed by atoms with Crippen molar-refractivity contribution in [3.8, 4) is 0 Å². The van der Waals surface area contributed by atoms with Gasteiger partial charge in [-0.3, -0.25) is 10.1 Å². The van der Waals surface area contributed by atoms with Crippen molar-refractivity contribution in [2.75, 3.05) is 6.61 Å². The first-order valence-corrected chi connectivity index (χ1v) is 4.42. The van der Waals surface area contributed by atoms with Crippen molar-refractivity contribution in [1.82, 2.24) is 0 Å². The number of aryl methyl sites for hydroxylation is 1. The van der Waals surface area contributed by atoms with Crippen LogP contribution in [-0.2, 0) is 0 Å². The monoisotopic (exact) mass is 195 g/mol. The third-order valence-corrected chi connectivity index (χ3v) is 2.27. The Labute approximate surface area is 82.3 Å². The van der Waals surface area contributed by atoms with Gasteiger partial charge in [-0.05, 0) is 12.5 Å². The molecule has 1 aromatic carbocycles. The highest BCUT2D eigenvalue weighted by Crippen LogP contribution is 2.23. The first-order valence-electron chi connectivity index (χ1n) is 4.42. The average Bonchev–Trinajstić information content (AvgIpc) is 2.17. The number of hydrogen-bond acceptors (Lipinski definition) is 3. The number of nitro groups is 1. The minimum absolute atomic E-state index is 0.000214. The van der Waals surface area contributed by atoms with Crippen LogP contribution in [-0.4, -0.2) is 16.6 Å². The summed E-state index contributed by atoms with van der Waals surface area (Å²) in [6, 6.07) is 5.04. The van der Waals surface area contributed by atoms with E-state index < -0.39 is 4.92 Å². The Hall–Kier alpha value is -1.42. The first-order chi connectivity index (χ1) is 6.56. The van der Waals surface area contributed by atoms with Gasteiger partial charge in [-0.1, -0.05) is 19.1 Å². The maximum absolute atomic E-state index is 10.6. The minimum atomic E-state index is -0.400. The van der Waals surface area contributed by atoms with Crippen LogP contribution in [0.25, 0.3) is 0 Å². The predicted molar refractivity (Wildman–Crippen MR) is 53.3 cm³/mol. The molecule has 0 amide bonds. The molecule has 0 aromatic heterocycles. The highest BCUT2D eigenvalue weighted by atomic mass is 16.6. The molecule has 4 heteroatoms. The lowest BCUT2D eigenvalue weighted by Crippen LogP contribution is -2.00. The number of nitro benzene ring substituents is 1. The van der Waals surface area contributed by atoms with Gasteiger partial charge in [-0.25, -0.2) is 0 Å². The molecule has 0 spiro atoms. The molecule has 4 nitrogen and oxygen atoms in total. The summed E-state index contributed by atoms with van der Waals surface area (Å²) in [6.07, 6.45) is 0. The fourth-order valence-corrected chi connectivity index (χ4v) is 1.24. The molecule has 1 unspecified atom stereocenters. The fraction of sp³-hybridized carbons (Fsp3) is 0.400. The molecule has 14 heavy (non-hydrogen) atoms. The second kappa shape index (κ2) is 4.19. The normalized spacial score (nSPS) is 12.5. The molecule has 0 heterocycles. The van der Waals surface area contributed by atoms with Crippen LogP contribution in [0.1, 0.15) is 24.0 Å². The van der Waals surface area contributed by atoms with Crippen LogP contribution in [0.3, 0.4) is 0 Å². The standard InChI is InChI=1S/C10H13NO3/c1-7-3-4-9(8(2)6-12)5-10(7)11(13)14/h3-5,8,12H,6H2,1-2H3. The second-order valence-electron chi connectivity index (χ2n) is 3.39. The number of nitrogens with zero attached hydrogens (tertiary/aromatic N) is 1. The van der Waals surface area contributed by atoms with Crippen molar-refractivity contribution in [3.63, 3.8) is 0 Å². The molecule has 0 aliphatic rings. The maximum Gasteiger partial charge on any atom is 0.272 e. The van der Waals surface area contributed by atoms with E-state index in [1.165, 1.54) is 6.07 Å². The van der Waals surface area contributed by atoms with Crippen LogP contribution in [0.15, 0.2) is 18.2 Å². The van der Waals surface area contributed by atoms with Crippen LogP contribution in [0.5, 0.6) is 0 Å². The Morgan fingerprint density at radius 1 is 1.57 bits per heavy atom. The summed E-state index contributed by atoms with van der Waals surface area (Å²) in [5.74, 6) is -0.0608. The van der Waals surface area contributed by atoms with E-state index in [1.807, 2.05) is 13.0 Å². The topological polar surface area (TPSA) is 63.4 Å². The van der Waals surface area contributed by atoms with Crippen molar-refractivity contribution in [2.45, 2.75) is 19.8 Å². The van der Waals surface area contributed by atoms with E-state index in [4.69, 9.17) is 5.11 Å². The van der Waals surface area contributed by atoms with E-state index in [9.17, 15) is 10.1 Å². The number of rotatable bonds is 3. The number of aliphatic hydroxyl groups excluding tert-OH is 1. The molecule has 0 radical (unpaired) electrons. The number of benzene rings is 1. The Kier molecular flexibility index (Phi) is 3.19. The van der Waals surface area contributed by atoms with Gasteiger partial charge in [0.25, 0.3) is 5.69 Å². The van der Waals surface area contributed by atoms with Crippen molar-refractivity contribution < 1.29 is 10.0 Å². The van der Waals surface area contributed by atoms with E-state index in [0.29, 0.717) is 5.56 Å². The summed E-state index contributed by atoms with van der Waals surface area (Å²) in [7, 11) is 0. The van der Waals surface area contributed by atoms with Gasteiger partial charge < -0.3 is 5.11 Å². The second-order valence-corrected chi connectivity index (χ2v) is 3.39. The van der Waals surface area contributed by atoms with Crippen LogP contribution >= 0.6 is 0 Å². The van der Waals surface area contributed by atoms with Crippen LogP contribution in [0.2, 0.25) is 0 Å². The molecule has 76 valence electrons. The largest absolute Gasteiger partial charge is 0.396 e. The zero-order chi connectivity index (χ0) is 10.7. The van der Waals surface area contributed by atoms with Crippen molar-refractivity contribution in [2.24, 2.45) is 0 Å². The molecule has 0 bridgehead atoms. The summed E-state index contributed by atoms with van der Waals surface area (Å²) in [4.78, 5) is 10.2. The molecule has 0 saturated carbocycles. The Morgan fingerprint density at radius 2 is 2.21 bits per heavy atom. The summed E-state index contributed by atoms with van der Waals surface area (Å²) in [5, 5.41) is 19.5. The van der Waals surface area contributed by atoms with E-state index in [-0.39, 0.29) is 18.2 Å². The Balaban J connectivity index is 3.12. The van der Waals surface area contributed by atoms with E-state index in [1.54, 1.807) is 13.0 Å². The molecular formula is C10H13NO3. The molecule has 0 aliphatic heterocycles. The predicted octanol–water partition coefficient (Wildman–Crippen LogP) is 2.00. The van der Waals surface area contributed by atoms with Gasteiger partial charge >= 0.3 is 0 Å². The molecule has 0 aliphatic carbocycles. The Morgan fingerprint density at radius 3 is 2.71 bits per heavy atom. The average molecular weight is 195 g/mol. The highest BCUT2D eigenvalue weighted by Gasteiger charge is 2.13. The van der Waals surface area contributed by atoms with Gasteiger partial charge in [0, 0.05) is 24.2 Å². The SMILES string of the molecule is Cc1ccc(C(C)CO)cc1[N+](=O)[O-]. The molecule has 0 fully saturated rings. The molecule has 1 rings (SSSR count). The van der Waals surface area contributed by atoms with Crippen LogP contribution in [0.4, 0.5) is 5.69 Å². The molecule has 1 N–H and O–H groups in total. The molecule has 1 atom stereocenters. The van der Waals surface area contributed by atoms with Gasteiger partial charge in [-0.2, -0.15) is 0 Å². The van der Waals surface area contributed by atoms with E-state index in [2.05, 4.69) is 0 Å². The summed E-state index contributed by atoms with van der Waals surface area (Å²) < 4.78 is 0. The third-order valence-electron chi connectivity index (χ3n) is 2.27. The summed E-state index contributed by atoms with van der Waals surface area (Å²) >= 11 is 0. The summed E-state index contributed by atoms with van der Waals surface area (Å²) in [5.41, 5.74) is 1.55. The highest BCUT2D eigenvalue weighted by molar-refractivity contribution is 5.43. The number of hydrogen-bond donors (Lipinski definition) is 1. The van der Waals surface area contributed by atoms with Gasteiger partial charge in [0.2, 0.25) is 0 Å².